The molecule has 0 radical (unpaired) electrons. The van der Waals surface area contributed by atoms with Crippen molar-refractivity contribution >= 4 is 15.9 Å². The summed E-state index contributed by atoms with van der Waals surface area (Å²) in [5.41, 5.74) is 1.35. The van der Waals surface area contributed by atoms with Crippen molar-refractivity contribution in [2.75, 3.05) is 26.2 Å². The molecule has 1 N–H and O–H groups in total. The van der Waals surface area contributed by atoms with Crippen LogP contribution in [0.25, 0.3) is 0 Å². The van der Waals surface area contributed by atoms with E-state index in [0.717, 1.165) is 23.5 Å². The van der Waals surface area contributed by atoms with Crippen LogP contribution in [0.3, 0.4) is 0 Å². The van der Waals surface area contributed by atoms with Crippen LogP contribution in [-0.2, 0) is 6.54 Å². The second-order valence-corrected chi connectivity index (χ2v) is 6.60. The van der Waals surface area contributed by atoms with Crippen LogP contribution in [0.1, 0.15) is 31.7 Å². The lowest BCUT2D eigenvalue weighted by Crippen LogP contribution is -2.34. The first kappa shape index (κ1) is 15.0. The molecule has 0 saturated carbocycles. The third-order valence-electron chi connectivity index (χ3n) is 3.92. The highest BCUT2D eigenvalue weighted by Gasteiger charge is 2.14. The zero-order chi connectivity index (χ0) is 13.5. The largest absolute Gasteiger partial charge is 0.313 e. The van der Waals surface area contributed by atoms with Gasteiger partial charge < -0.3 is 10.2 Å². The van der Waals surface area contributed by atoms with E-state index in [9.17, 15) is 0 Å². The van der Waals surface area contributed by atoms with Gasteiger partial charge in [0.05, 0.1) is 0 Å². The molecule has 106 valence electrons. The second kappa shape index (κ2) is 8.03. The van der Waals surface area contributed by atoms with E-state index in [4.69, 9.17) is 0 Å². The van der Waals surface area contributed by atoms with Crippen molar-refractivity contribution in [2.24, 2.45) is 5.92 Å². The van der Waals surface area contributed by atoms with E-state index in [-0.39, 0.29) is 0 Å². The Hall–Kier alpha value is -0.380. The molecule has 1 heterocycles. The molecule has 0 amide bonds. The molecule has 0 unspecified atom stereocenters. The summed E-state index contributed by atoms with van der Waals surface area (Å²) in [5, 5.41) is 3.53. The first-order valence-electron chi connectivity index (χ1n) is 7.41. The van der Waals surface area contributed by atoms with Gasteiger partial charge in [-0.2, -0.15) is 0 Å². The number of hydrogen-bond acceptors (Lipinski definition) is 2. The van der Waals surface area contributed by atoms with Crippen LogP contribution >= 0.6 is 15.9 Å². The smallest absolute Gasteiger partial charge is 0.0205 e. The van der Waals surface area contributed by atoms with Gasteiger partial charge in [0.1, 0.15) is 0 Å². The van der Waals surface area contributed by atoms with Crippen LogP contribution in [0, 0.1) is 5.92 Å². The predicted molar refractivity (Wildman–Crippen MR) is 85.3 cm³/mol. The van der Waals surface area contributed by atoms with Crippen LogP contribution in [0.5, 0.6) is 0 Å². The zero-order valence-electron chi connectivity index (χ0n) is 11.9. The van der Waals surface area contributed by atoms with Gasteiger partial charge in [0.2, 0.25) is 0 Å². The van der Waals surface area contributed by atoms with Crippen molar-refractivity contribution in [3.63, 3.8) is 0 Å². The van der Waals surface area contributed by atoms with Gasteiger partial charge in [-0.05, 0) is 69.1 Å². The number of benzene rings is 1. The van der Waals surface area contributed by atoms with Gasteiger partial charge in [-0.3, -0.25) is 0 Å². The Morgan fingerprint density at radius 3 is 2.84 bits per heavy atom. The number of likely N-dealkylation sites (tertiary alicyclic amines) is 1. The maximum Gasteiger partial charge on any atom is 0.0205 e. The summed E-state index contributed by atoms with van der Waals surface area (Å²) in [4.78, 5) is 2.61. The fourth-order valence-electron chi connectivity index (χ4n) is 2.59. The van der Waals surface area contributed by atoms with Gasteiger partial charge in [0.25, 0.3) is 0 Å². The van der Waals surface area contributed by atoms with Crippen molar-refractivity contribution in [1.82, 2.24) is 10.2 Å². The number of hydrogen-bond donors (Lipinski definition) is 1. The van der Waals surface area contributed by atoms with Gasteiger partial charge in [0.15, 0.2) is 0 Å². The Morgan fingerprint density at radius 1 is 1.32 bits per heavy atom. The van der Waals surface area contributed by atoms with Gasteiger partial charge in [-0.25, -0.2) is 0 Å². The van der Waals surface area contributed by atoms with Crippen molar-refractivity contribution in [3.8, 4) is 0 Å². The number of rotatable bonds is 6. The first-order chi connectivity index (χ1) is 9.24. The van der Waals surface area contributed by atoms with E-state index >= 15 is 0 Å². The Morgan fingerprint density at radius 2 is 2.11 bits per heavy atom. The zero-order valence-corrected chi connectivity index (χ0v) is 13.5. The van der Waals surface area contributed by atoms with Crippen LogP contribution in [0.2, 0.25) is 0 Å². The summed E-state index contributed by atoms with van der Waals surface area (Å²) >= 11 is 3.51. The van der Waals surface area contributed by atoms with Gasteiger partial charge in [0, 0.05) is 11.0 Å². The van der Waals surface area contributed by atoms with E-state index in [1.54, 1.807) is 0 Å². The summed E-state index contributed by atoms with van der Waals surface area (Å²) in [5.74, 6) is 0.936. The highest BCUT2D eigenvalue weighted by Crippen LogP contribution is 2.15. The lowest BCUT2D eigenvalue weighted by Gasteiger charge is -2.30. The van der Waals surface area contributed by atoms with Crippen LogP contribution in [-0.4, -0.2) is 31.1 Å². The monoisotopic (exact) mass is 324 g/mol. The van der Waals surface area contributed by atoms with E-state index in [1.807, 2.05) is 0 Å². The normalized spacial score (nSPS) is 17.8. The molecule has 0 atom stereocenters. The highest BCUT2D eigenvalue weighted by atomic mass is 79.9. The molecular weight excluding hydrogens is 300 g/mol. The van der Waals surface area contributed by atoms with Crippen molar-refractivity contribution in [3.05, 3.63) is 34.3 Å². The molecule has 0 bridgehead atoms. The van der Waals surface area contributed by atoms with Crippen molar-refractivity contribution in [1.29, 1.82) is 0 Å². The molecule has 1 aliphatic rings. The lowest BCUT2D eigenvalue weighted by molar-refractivity contribution is 0.190. The van der Waals surface area contributed by atoms with Gasteiger partial charge in [-0.1, -0.05) is 35.0 Å². The summed E-state index contributed by atoms with van der Waals surface area (Å²) in [6, 6.07) is 8.51. The van der Waals surface area contributed by atoms with Crippen molar-refractivity contribution in [2.45, 2.75) is 32.7 Å². The van der Waals surface area contributed by atoms with Gasteiger partial charge in [-0.15, -0.1) is 0 Å². The standard InChI is InChI=1S/C16H25BrN2/c1-14-6-10-19(11-7-14)9-3-8-18-13-15-4-2-5-16(17)12-15/h2,4-5,12,14,18H,3,6-11,13H2,1H3. The average Bonchev–Trinajstić information content (AvgIpc) is 2.41. The predicted octanol–water partition coefficient (Wildman–Crippen LogP) is 3.66. The van der Waals surface area contributed by atoms with E-state index in [0.29, 0.717) is 0 Å². The molecule has 1 fully saturated rings. The third kappa shape index (κ3) is 5.64. The summed E-state index contributed by atoms with van der Waals surface area (Å²) in [6.45, 7) is 8.30. The van der Waals surface area contributed by atoms with E-state index in [2.05, 4.69) is 57.3 Å². The van der Waals surface area contributed by atoms with Crippen LogP contribution < -0.4 is 5.32 Å². The summed E-state index contributed by atoms with van der Waals surface area (Å²) in [7, 11) is 0. The lowest BCUT2D eigenvalue weighted by atomic mass is 9.99. The Bertz CT molecular complexity index is 373. The molecule has 0 aliphatic carbocycles. The Kier molecular flexibility index (Phi) is 6.35. The Balaban J connectivity index is 1.55. The molecule has 1 saturated heterocycles. The number of nitrogens with zero attached hydrogens (tertiary/aromatic N) is 1. The molecule has 2 rings (SSSR count). The van der Waals surface area contributed by atoms with Gasteiger partial charge >= 0.3 is 0 Å². The number of nitrogens with one attached hydrogen (secondary N) is 1. The second-order valence-electron chi connectivity index (χ2n) is 5.68. The average molecular weight is 325 g/mol. The SMILES string of the molecule is CC1CCN(CCCNCc2cccc(Br)c2)CC1. The molecule has 1 aromatic rings. The fourth-order valence-corrected chi connectivity index (χ4v) is 3.04. The summed E-state index contributed by atoms with van der Waals surface area (Å²) < 4.78 is 1.16. The molecule has 0 spiro atoms. The highest BCUT2D eigenvalue weighted by molar-refractivity contribution is 9.10. The maximum absolute atomic E-state index is 3.53. The quantitative estimate of drug-likeness (QED) is 0.803. The van der Waals surface area contributed by atoms with Crippen LogP contribution in [0.4, 0.5) is 0 Å². The minimum absolute atomic E-state index is 0.936. The molecule has 0 aromatic heterocycles. The topological polar surface area (TPSA) is 15.3 Å². The van der Waals surface area contributed by atoms with Crippen molar-refractivity contribution < 1.29 is 0 Å². The number of piperidine rings is 1. The molecule has 1 aromatic carbocycles. The van der Waals surface area contributed by atoms with Crippen LogP contribution in [0.15, 0.2) is 28.7 Å². The molecule has 19 heavy (non-hydrogen) atoms. The molecule has 3 heteroatoms. The minimum atomic E-state index is 0.936. The molecule has 1 aliphatic heterocycles. The summed E-state index contributed by atoms with van der Waals surface area (Å²) in [6.07, 6.45) is 4.01. The maximum atomic E-state index is 3.53. The fraction of sp³-hybridized carbons (Fsp3) is 0.625. The minimum Gasteiger partial charge on any atom is -0.313 e. The molecule has 2 nitrogen and oxygen atoms in total. The number of halogens is 1. The molecular formula is C16H25BrN2. The van der Waals surface area contributed by atoms with E-state index in [1.165, 1.54) is 44.5 Å². The Labute approximate surface area is 125 Å². The van der Waals surface area contributed by atoms with E-state index < -0.39 is 0 Å². The first-order valence-corrected chi connectivity index (χ1v) is 8.21. The third-order valence-corrected chi connectivity index (χ3v) is 4.42.